The minimum absolute atomic E-state index is 0.227. The molecule has 3 nitrogen and oxygen atoms in total. The molecule has 0 radical (unpaired) electrons. The molecule has 1 heterocycles. The quantitative estimate of drug-likeness (QED) is 0.690. The number of hydrogen-bond acceptors (Lipinski definition) is 3. The van der Waals surface area contributed by atoms with Crippen molar-refractivity contribution in [3.63, 3.8) is 0 Å². The van der Waals surface area contributed by atoms with Crippen LogP contribution in [-0.2, 0) is 0 Å². The number of likely N-dealkylation sites (tertiary alicyclic amines) is 1. The van der Waals surface area contributed by atoms with E-state index in [2.05, 4.69) is 24.1 Å². The number of hydrogen-bond donors (Lipinski definition) is 2. The fraction of sp³-hybridized carbons (Fsp3) is 1.00. The topological polar surface area (TPSA) is 35.5 Å². The average molecular weight is 200 g/mol. The van der Waals surface area contributed by atoms with Gasteiger partial charge in [-0.1, -0.05) is 6.92 Å². The third kappa shape index (κ3) is 2.94. The standard InChI is InChI=1S/C11H24N2O/c1-4-10-6-5-9(2)13(10)8-11(14)7-12-3/h9-12,14H,4-8H2,1-3H3. The minimum Gasteiger partial charge on any atom is -0.390 e. The van der Waals surface area contributed by atoms with E-state index in [1.54, 1.807) is 0 Å². The summed E-state index contributed by atoms with van der Waals surface area (Å²) in [5.41, 5.74) is 0. The van der Waals surface area contributed by atoms with E-state index in [1.807, 2.05) is 7.05 Å². The van der Waals surface area contributed by atoms with Crippen molar-refractivity contribution in [1.82, 2.24) is 10.2 Å². The van der Waals surface area contributed by atoms with Crippen molar-refractivity contribution in [3.05, 3.63) is 0 Å². The van der Waals surface area contributed by atoms with Gasteiger partial charge in [0.1, 0.15) is 0 Å². The van der Waals surface area contributed by atoms with Gasteiger partial charge in [-0.05, 0) is 33.2 Å². The van der Waals surface area contributed by atoms with Gasteiger partial charge in [-0.3, -0.25) is 4.90 Å². The molecule has 0 bridgehead atoms. The molecule has 0 saturated carbocycles. The van der Waals surface area contributed by atoms with Crippen LogP contribution >= 0.6 is 0 Å². The Bertz CT molecular complexity index is 163. The van der Waals surface area contributed by atoms with Crippen LogP contribution in [0.15, 0.2) is 0 Å². The van der Waals surface area contributed by atoms with E-state index in [1.165, 1.54) is 19.3 Å². The van der Waals surface area contributed by atoms with Crippen LogP contribution in [0.1, 0.15) is 33.1 Å². The van der Waals surface area contributed by atoms with E-state index < -0.39 is 0 Å². The van der Waals surface area contributed by atoms with Crippen molar-refractivity contribution in [2.75, 3.05) is 20.1 Å². The average Bonchev–Trinajstić information content (AvgIpc) is 2.48. The molecule has 84 valence electrons. The summed E-state index contributed by atoms with van der Waals surface area (Å²) in [6.07, 6.45) is 3.56. The van der Waals surface area contributed by atoms with Crippen LogP contribution < -0.4 is 5.32 Å². The van der Waals surface area contributed by atoms with Gasteiger partial charge in [0, 0.05) is 25.2 Å². The van der Waals surface area contributed by atoms with Crippen molar-refractivity contribution in [2.24, 2.45) is 0 Å². The molecular weight excluding hydrogens is 176 g/mol. The predicted molar refractivity (Wildman–Crippen MR) is 59.4 cm³/mol. The molecule has 14 heavy (non-hydrogen) atoms. The van der Waals surface area contributed by atoms with E-state index in [-0.39, 0.29) is 6.10 Å². The Labute approximate surface area is 87.5 Å². The van der Waals surface area contributed by atoms with Crippen molar-refractivity contribution < 1.29 is 5.11 Å². The molecule has 1 aliphatic heterocycles. The third-order valence-electron chi connectivity index (χ3n) is 3.29. The highest BCUT2D eigenvalue weighted by molar-refractivity contribution is 4.85. The second kappa shape index (κ2) is 5.69. The van der Waals surface area contributed by atoms with Crippen LogP contribution in [0.3, 0.4) is 0 Å². The second-order valence-electron chi connectivity index (χ2n) is 4.40. The zero-order valence-corrected chi connectivity index (χ0v) is 9.66. The Kier molecular flexibility index (Phi) is 4.85. The highest BCUT2D eigenvalue weighted by Crippen LogP contribution is 2.25. The van der Waals surface area contributed by atoms with E-state index in [0.29, 0.717) is 18.6 Å². The largest absolute Gasteiger partial charge is 0.390 e. The lowest BCUT2D eigenvalue weighted by Crippen LogP contribution is -2.42. The molecule has 3 atom stereocenters. The summed E-state index contributed by atoms with van der Waals surface area (Å²) >= 11 is 0. The van der Waals surface area contributed by atoms with Gasteiger partial charge in [-0.25, -0.2) is 0 Å². The van der Waals surface area contributed by atoms with Crippen LogP contribution in [0.4, 0.5) is 0 Å². The van der Waals surface area contributed by atoms with Crippen molar-refractivity contribution in [1.29, 1.82) is 0 Å². The van der Waals surface area contributed by atoms with Gasteiger partial charge in [-0.15, -0.1) is 0 Å². The summed E-state index contributed by atoms with van der Waals surface area (Å²) in [7, 11) is 1.88. The Morgan fingerprint density at radius 3 is 2.79 bits per heavy atom. The Morgan fingerprint density at radius 2 is 2.21 bits per heavy atom. The van der Waals surface area contributed by atoms with Crippen molar-refractivity contribution in [3.8, 4) is 0 Å². The SMILES string of the molecule is CCC1CCC(C)N1CC(O)CNC. The van der Waals surface area contributed by atoms with Gasteiger partial charge < -0.3 is 10.4 Å². The van der Waals surface area contributed by atoms with Gasteiger partial charge in [0.25, 0.3) is 0 Å². The molecule has 0 aromatic carbocycles. The number of nitrogens with zero attached hydrogens (tertiary/aromatic N) is 1. The molecule has 1 aliphatic rings. The Balaban J connectivity index is 2.40. The molecule has 0 amide bonds. The maximum atomic E-state index is 9.74. The molecule has 1 fully saturated rings. The number of aliphatic hydroxyl groups excluding tert-OH is 1. The lowest BCUT2D eigenvalue weighted by molar-refractivity contribution is 0.0867. The first-order valence-electron chi connectivity index (χ1n) is 5.77. The number of aliphatic hydroxyl groups is 1. The van der Waals surface area contributed by atoms with Gasteiger partial charge in [0.15, 0.2) is 0 Å². The summed E-state index contributed by atoms with van der Waals surface area (Å²) in [5.74, 6) is 0. The molecule has 0 aromatic heterocycles. The fourth-order valence-corrected chi connectivity index (χ4v) is 2.44. The summed E-state index contributed by atoms with van der Waals surface area (Å²) in [6.45, 7) is 6.02. The molecule has 0 aromatic rings. The van der Waals surface area contributed by atoms with Gasteiger partial charge in [0.2, 0.25) is 0 Å². The van der Waals surface area contributed by atoms with Gasteiger partial charge in [0.05, 0.1) is 6.10 Å². The molecule has 0 spiro atoms. The van der Waals surface area contributed by atoms with E-state index in [0.717, 1.165) is 6.54 Å². The monoisotopic (exact) mass is 200 g/mol. The lowest BCUT2D eigenvalue weighted by atomic mass is 10.1. The van der Waals surface area contributed by atoms with Crippen LogP contribution in [0.25, 0.3) is 0 Å². The van der Waals surface area contributed by atoms with E-state index in [9.17, 15) is 5.11 Å². The zero-order chi connectivity index (χ0) is 10.6. The lowest BCUT2D eigenvalue weighted by Gasteiger charge is -2.29. The van der Waals surface area contributed by atoms with Crippen molar-refractivity contribution >= 4 is 0 Å². The highest BCUT2D eigenvalue weighted by atomic mass is 16.3. The molecule has 3 unspecified atom stereocenters. The Hall–Kier alpha value is -0.120. The second-order valence-corrected chi connectivity index (χ2v) is 4.40. The smallest absolute Gasteiger partial charge is 0.0791 e. The zero-order valence-electron chi connectivity index (χ0n) is 9.66. The first-order chi connectivity index (χ1) is 6.69. The molecule has 0 aliphatic carbocycles. The third-order valence-corrected chi connectivity index (χ3v) is 3.29. The maximum absolute atomic E-state index is 9.74. The predicted octanol–water partition coefficient (Wildman–Crippen LogP) is 0.830. The first-order valence-corrected chi connectivity index (χ1v) is 5.77. The number of nitrogens with one attached hydrogen (secondary N) is 1. The van der Waals surface area contributed by atoms with Crippen LogP contribution in [0.2, 0.25) is 0 Å². The fourth-order valence-electron chi connectivity index (χ4n) is 2.44. The molecule has 3 heteroatoms. The molecule has 2 N–H and O–H groups in total. The number of likely N-dealkylation sites (N-methyl/N-ethyl adjacent to an activating group) is 1. The molecule has 1 saturated heterocycles. The Morgan fingerprint density at radius 1 is 1.50 bits per heavy atom. The van der Waals surface area contributed by atoms with Crippen molar-refractivity contribution in [2.45, 2.75) is 51.3 Å². The van der Waals surface area contributed by atoms with Gasteiger partial charge >= 0.3 is 0 Å². The maximum Gasteiger partial charge on any atom is 0.0791 e. The van der Waals surface area contributed by atoms with E-state index >= 15 is 0 Å². The molecule has 1 rings (SSSR count). The first kappa shape index (κ1) is 12.0. The minimum atomic E-state index is -0.227. The number of rotatable bonds is 5. The number of β-amino-alcohol motifs (C(OH)–C–C–N with tert-alkyl or cyclic N) is 1. The van der Waals surface area contributed by atoms with E-state index in [4.69, 9.17) is 0 Å². The van der Waals surface area contributed by atoms with Gasteiger partial charge in [-0.2, -0.15) is 0 Å². The summed E-state index contributed by atoms with van der Waals surface area (Å²) < 4.78 is 0. The summed E-state index contributed by atoms with van der Waals surface area (Å²) in [5, 5.41) is 12.7. The highest BCUT2D eigenvalue weighted by Gasteiger charge is 2.30. The molecular formula is C11H24N2O. The normalized spacial score (nSPS) is 30.9. The summed E-state index contributed by atoms with van der Waals surface area (Å²) in [6, 6.07) is 1.34. The van der Waals surface area contributed by atoms with Crippen LogP contribution in [-0.4, -0.2) is 48.3 Å². The van der Waals surface area contributed by atoms with Crippen LogP contribution in [0, 0.1) is 0 Å². The van der Waals surface area contributed by atoms with Crippen LogP contribution in [0.5, 0.6) is 0 Å². The summed E-state index contributed by atoms with van der Waals surface area (Å²) in [4.78, 5) is 2.46.